The van der Waals surface area contributed by atoms with E-state index in [0.29, 0.717) is 11.7 Å². The van der Waals surface area contributed by atoms with Gasteiger partial charge in [0.15, 0.2) is 9.84 Å². The normalized spacial score (nSPS) is 13.2. The molecule has 0 bridgehead atoms. The minimum absolute atomic E-state index is 0.222. The van der Waals surface area contributed by atoms with E-state index in [4.69, 9.17) is 5.73 Å². The third-order valence-corrected chi connectivity index (χ3v) is 4.78. The monoisotopic (exact) mass is 298 g/mol. The highest BCUT2D eigenvalue weighted by molar-refractivity contribution is 7.90. The molecule has 114 valence electrons. The largest absolute Gasteiger partial charge is 0.396 e. The van der Waals surface area contributed by atoms with Crippen LogP contribution in [-0.2, 0) is 9.84 Å². The third kappa shape index (κ3) is 3.88. The van der Waals surface area contributed by atoms with Gasteiger partial charge in [-0.3, -0.25) is 0 Å². The lowest BCUT2D eigenvalue weighted by Crippen LogP contribution is -2.34. The van der Waals surface area contributed by atoms with Crippen LogP contribution >= 0.6 is 0 Å². The molecule has 0 radical (unpaired) electrons. The Morgan fingerprint density at radius 3 is 2.45 bits per heavy atom. The first-order chi connectivity index (χ1) is 9.32. The fraction of sp³-hybridized carbons (Fsp3) is 0.600. The summed E-state index contributed by atoms with van der Waals surface area (Å²) in [6.07, 6.45) is 4.35. The van der Waals surface area contributed by atoms with Gasteiger partial charge >= 0.3 is 0 Å². The lowest BCUT2D eigenvalue weighted by atomic mass is 10.1. The van der Waals surface area contributed by atoms with Crippen LogP contribution < -0.4 is 10.6 Å². The molecule has 1 unspecified atom stereocenters. The minimum atomic E-state index is -3.29. The number of hydrogen-bond donors (Lipinski definition) is 1. The van der Waals surface area contributed by atoms with Crippen LogP contribution in [0.2, 0.25) is 0 Å². The molecule has 0 heterocycles. The topological polar surface area (TPSA) is 63.4 Å². The summed E-state index contributed by atoms with van der Waals surface area (Å²) in [6.45, 7) is 7.30. The maximum absolute atomic E-state index is 11.8. The van der Waals surface area contributed by atoms with Crippen molar-refractivity contribution in [2.75, 3.05) is 23.4 Å². The fourth-order valence-electron chi connectivity index (χ4n) is 2.23. The Kier molecular flexibility index (Phi) is 5.87. The molecule has 1 atom stereocenters. The van der Waals surface area contributed by atoms with Crippen molar-refractivity contribution in [1.82, 2.24) is 0 Å². The van der Waals surface area contributed by atoms with E-state index in [9.17, 15) is 8.42 Å². The van der Waals surface area contributed by atoms with Gasteiger partial charge < -0.3 is 10.6 Å². The van der Waals surface area contributed by atoms with Crippen LogP contribution in [0.3, 0.4) is 0 Å². The lowest BCUT2D eigenvalue weighted by Gasteiger charge is -2.32. The summed E-state index contributed by atoms with van der Waals surface area (Å²) >= 11 is 0. The number of para-hydroxylation sites is 1. The van der Waals surface area contributed by atoms with Crippen LogP contribution in [0.1, 0.15) is 40.0 Å². The van der Waals surface area contributed by atoms with Crippen molar-refractivity contribution in [2.24, 2.45) is 0 Å². The van der Waals surface area contributed by atoms with Crippen molar-refractivity contribution in [2.45, 2.75) is 51.0 Å². The summed E-state index contributed by atoms with van der Waals surface area (Å²) in [5.41, 5.74) is 7.31. The van der Waals surface area contributed by atoms with Crippen molar-refractivity contribution in [3.8, 4) is 0 Å². The number of rotatable bonds is 7. The molecule has 1 rings (SSSR count). The van der Waals surface area contributed by atoms with Gasteiger partial charge in [-0.15, -0.1) is 0 Å². The molecule has 1 aromatic carbocycles. The minimum Gasteiger partial charge on any atom is -0.396 e. The summed E-state index contributed by atoms with van der Waals surface area (Å²) in [6, 6.07) is 5.58. The van der Waals surface area contributed by atoms with Crippen LogP contribution in [0.25, 0.3) is 0 Å². The van der Waals surface area contributed by atoms with Gasteiger partial charge in [0.1, 0.15) is 0 Å². The quantitative estimate of drug-likeness (QED) is 0.786. The van der Waals surface area contributed by atoms with Gasteiger partial charge in [0.05, 0.1) is 16.3 Å². The second kappa shape index (κ2) is 6.97. The number of anilines is 2. The van der Waals surface area contributed by atoms with E-state index in [2.05, 4.69) is 25.7 Å². The Hall–Kier alpha value is -1.23. The Bertz CT molecular complexity index is 541. The van der Waals surface area contributed by atoms with E-state index >= 15 is 0 Å². The average Bonchev–Trinajstić information content (AvgIpc) is 2.39. The molecule has 0 amide bonds. The third-order valence-electron chi connectivity index (χ3n) is 3.63. The van der Waals surface area contributed by atoms with Gasteiger partial charge in [-0.25, -0.2) is 8.42 Å². The van der Waals surface area contributed by atoms with Gasteiger partial charge in [-0.1, -0.05) is 26.3 Å². The van der Waals surface area contributed by atoms with Crippen LogP contribution in [0.5, 0.6) is 0 Å². The van der Waals surface area contributed by atoms with Crippen molar-refractivity contribution < 1.29 is 8.42 Å². The Balaban J connectivity index is 3.27. The zero-order valence-electron chi connectivity index (χ0n) is 12.9. The molecule has 20 heavy (non-hydrogen) atoms. The van der Waals surface area contributed by atoms with E-state index in [1.807, 2.05) is 6.07 Å². The molecular formula is C15H26N2O2S. The number of unbranched alkanes of at least 4 members (excludes halogenated alkanes) is 1. The van der Waals surface area contributed by atoms with Crippen molar-refractivity contribution in [3.05, 3.63) is 18.2 Å². The van der Waals surface area contributed by atoms with E-state index < -0.39 is 9.84 Å². The molecule has 0 aromatic heterocycles. The van der Waals surface area contributed by atoms with Crippen molar-refractivity contribution in [1.29, 1.82) is 0 Å². The van der Waals surface area contributed by atoms with Crippen LogP contribution in [0.15, 0.2) is 23.1 Å². The molecular weight excluding hydrogens is 272 g/mol. The van der Waals surface area contributed by atoms with Crippen LogP contribution in [0.4, 0.5) is 11.4 Å². The molecule has 0 aliphatic heterocycles. The summed E-state index contributed by atoms with van der Waals surface area (Å²) in [5.74, 6) is 0. The first kappa shape index (κ1) is 16.8. The summed E-state index contributed by atoms with van der Waals surface area (Å²) in [4.78, 5) is 2.44. The molecule has 5 heteroatoms. The predicted octanol–water partition coefficient (Wildman–Crippen LogP) is 3.08. The number of benzene rings is 1. The first-order valence-corrected chi connectivity index (χ1v) is 9.07. The highest BCUT2D eigenvalue weighted by Crippen LogP contribution is 2.31. The van der Waals surface area contributed by atoms with Crippen LogP contribution in [0, 0.1) is 0 Å². The molecule has 0 spiro atoms. The van der Waals surface area contributed by atoms with E-state index in [1.165, 1.54) is 6.26 Å². The molecule has 1 aromatic rings. The molecule has 0 saturated heterocycles. The predicted molar refractivity (Wildman–Crippen MR) is 86.0 cm³/mol. The number of nitrogens with two attached hydrogens (primary N) is 1. The van der Waals surface area contributed by atoms with E-state index in [1.54, 1.807) is 12.1 Å². The first-order valence-electron chi connectivity index (χ1n) is 7.18. The number of sulfone groups is 1. The summed E-state index contributed by atoms with van der Waals surface area (Å²) in [5, 5.41) is 0. The van der Waals surface area contributed by atoms with Gasteiger partial charge in [-0.05, 0) is 31.9 Å². The Morgan fingerprint density at radius 1 is 1.30 bits per heavy atom. The van der Waals surface area contributed by atoms with Crippen molar-refractivity contribution >= 4 is 21.2 Å². The number of nitrogens with zero attached hydrogens (tertiary/aromatic N) is 1. The van der Waals surface area contributed by atoms with Gasteiger partial charge in [0, 0.05) is 18.8 Å². The molecule has 0 aliphatic rings. The molecule has 0 saturated carbocycles. The summed E-state index contributed by atoms with van der Waals surface area (Å²) in [7, 11) is -3.29. The highest BCUT2D eigenvalue weighted by atomic mass is 32.2. The van der Waals surface area contributed by atoms with Gasteiger partial charge in [0.2, 0.25) is 0 Å². The van der Waals surface area contributed by atoms with E-state index in [0.717, 1.165) is 31.5 Å². The van der Waals surface area contributed by atoms with E-state index in [-0.39, 0.29) is 4.90 Å². The maximum atomic E-state index is 11.8. The maximum Gasteiger partial charge on any atom is 0.177 e. The SMILES string of the molecule is CCCCN(c1cccc(S(C)(=O)=O)c1N)C(C)CC. The fourth-order valence-corrected chi connectivity index (χ4v) is 3.06. The average molecular weight is 298 g/mol. The second-order valence-corrected chi connectivity index (χ2v) is 7.25. The Labute approximate surface area is 122 Å². The number of nitrogen functional groups attached to an aromatic ring is 1. The lowest BCUT2D eigenvalue weighted by molar-refractivity contribution is 0.594. The standard InChI is InChI=1S/C15H26N2O2S/c1-5-7-11-17(12(3)6-2)13-9-8-10-14(15(13)16)20(4,18)19/h8-10,12H,5-7,11,16H2,1-4H3. The molecule has 4 nitrogen and oxygen atoms in total. The highest BCUT2D eigenvalue weighted by Gasteiger charge is 2.20. The molecule has 2 N–H and O–H groups in total. The summed E-state index contributed by atoms with van der Waals surface area (Å²) < 4.78 is 23.6. The number of hydrogen-bond acceptors (Lipinski definition) is 4. The van der Waals surface area contributed by atoms with Crippen molar-refractivity contribution in [3.63, 3.8) is 0 Å². The second-order valence-electron chi connectivity index (χ2n) is 5.27. The molecule has 0 aliphatic carbocycles. The smallest absolute Gasteiger partial charge is 0.177 e. The Morgan fingerprint density at radius 2 is 1.95 bits per heavy atom. The van der Waals surface area contributed by atoms with Gasteiger partial charge in [0.25, 0.3) is 0 Å². The van der Waals surface area contributed by atoms with Crippen LogP contribution in [-0.4, -0.2) is 27.3 Å². The zero-order chi connectivity index (χ0) is 15.3. The molecule has 0 fully saturated rings. The van der Waals surface area contributed by atoms with Gasteiger partial charge in [-0.2, -0.15) is 0 Å². The zero-order valence-corrected chi connectivity index (χ0v) is 13.7.